The van der Waals surface area contributed by atoms with Crippen molar-refractivity contribution in [2.24, 2.45) is 0 Å². The predicted molar refractivity (Wildman–Crippen MR) is 51.5 cm³/mol. The Kier molecular flexibility index (Phi) is 2.07. The highest BCUT2D eigenvalue weighted by Crippen LogP contribution is 2.29. The summed E-state index contributed by atoms with van der Waals surface area (Å²) in [5.41, 5.74) is 0.208. The first-order valence-electron chi connectivity index (χ1n) is 4.47. The fourth-order valence-electron chi connectivity index (χ4n) is 1.57. The lowest BCUT2D eigenvalue weighted by atomic mass is 10.2. The summed E-state index contributed by atoms with van der Waals surface area (Å²) in [7, 11) is 0. The third-order valence-corrected chi connectivity index (χ3v) is 2.20. The number of rotatable bonds is 1. The van der Waals surface area contributed by atoms with E-state index in [-0.39, 0.29) is 41.8 Å². The number of imide groups is 1. The van der Waals surface area contributed by atoms with Crippen LogP contribution in [0.5, 0.6) is 11.5 Å². The van der Waals surface area contributed by atoms with Crippen molar-refractivity contribution in [3.05, 3.63) is 18.2 Å². The molecule has 2 rings (SSSR count). The van der Waals surface area contributed by atoms with E-state index in [2.05, 4.69) is 0 Å². The third kappa shape index (κ3) is 1.63. The average molecular weight is 207 g/mol. The highest BCUT2D eigenvalue weighted by molar-refractivity contribution is 6.19. The van der Waals surface area contributed by atoms with Crippen LogP contribution in [0.3, 0.4) is 0 Å². The van der Waals surface area contributed by atoms with Crippen molar-refractivity contribution >= 4 is 17.5 Å². The Bertz CT molecular complexity index is 405. The molecule has 0 bridgehead atoms. The highest BCUT2D eigenvalue weighted by atomic mass is 16.3. The van der Waals surface area contributed by atoms with Crippen LogP contribution in [0.25, 0.3) is 0 Å². The van der Waals surface area contributed by atoms with Crippen LogP contribution in [-0.4, -0.2) is 22.0 Å². The van der Waals surface area contributed by atoms with Gasteiger partial charge >= 0.3 is 0 Å². The summed E-state index contributed by atoms with van der Waals surface area (Å²) in [6.07, 6.45) is 0.352. The molecule has 5 heteroatoms. The van der Waals surface area contributed by atoms with Gasteiger partial charge in [0.2, 0.25) is 11.8 Å². The van der Waals surface area contributed by atoms with E-state index in [4.69, 9.17) is 0 Å². The minimum Gasteiger partial charge on any atom is -0.508 e. The first kappa shape index (κ1) is 9.51. The predicted octanol–water partition coefficient (Wildman–Crippen LogP) is 0.751. The summed E-state index contributed by atoms with van der Waals surface area (Å²) < 4.78 is 0. The number of hydrogen-bond acceptors (Lipinski definition) is 4. The summed E-state index contributed by atoms with van der Waals surface area (Å²) in [5.74, 6) is -0.995. The van der Waals surface area contributed by atoms with Gasteiger partial charge in [-0.1, -0.05) is 0 Å². The van der Waals surface area contributed by atoms with Gasteiger partial charge in [0.25, 0.3) is 0 Å². The molecule has 1 aliphatic rings. The van der Waals surface area contributed by atoms with E-state index in [1.54, 1.807) is 0 Å². The SMILES string of the molecule is O=C1CCC(=O)N1c1cc(O)cc(O)c1. The van der Waals surface area contributed by atoms with Crippen molar-refractivity contribution in [2.75, 3.05) is 4.90 Å². The minimum absolute atomic E-state index is 0.176. The molecule has 0 unspecified atom stereocenters. The maximum Gasteiger partial charge on any atom is 0.234 e. The normalized spacial score (nSPS) is 16.1. The van der Waals surface area contributed by atoms with Crippen molar-refractivity contribution in [1.29, 1.82) is 0 Å². The molecule has 2 N–H and O–H groups in total. The first-order valence-corrected chi connectivity index (χ1v) is 4.47. The summed E-state index contributed by atoms with van der Waals surface area (Å²) in [6.45, 7) is 0. The molecule has 0 aromatic heterocycles. The fraction of sp³-hybridized carbons (Fsp3) is 0.200. The molecule has 1 aromatic rings. The summed E-state index contributed by atoms with van der Waals surface area (Å²) in [4.78, 5) is 23.7. The maximum absolute atomic E-state index is 11.3. The van der Waals surface area contributed by atoms with E-state index in [1.807, 2.05) is 0 Å². The zero-order valence-electron chi connectivity index (χ0n) is 7.80. The zero-order valence-corrected chi connectivity index (χ0v) is 7.80. The summed E-state index contributed by atoms with van der Waals surface area (Å²) in [6, 6.07) is 3.66. The Morgan fingerprint density at radius 1 is 0.933 bits per heavy atom. The number of phenolic OH excluding ortho intramolecular Hbond substituents is 2. The van der Waals surface area contributed by atoms with Crippen molar-refractivity contribution in [3.8, 4) is 11.5 Å². The molecule has 2 amide bonds. The van der Waals surface area contributed by atoms with E-state index in [9.17, 15) is 19.8 Å². The van der Waals surface area contributed by atoms with Gasteiger partial charge in [0, 0.05) is 31.0 Å². The number of carbonyl (C=O) groups excluding carboxylic acids is 2. The quantitative estimate of drug-likeness (QED) is 0.666. The van der Waals surface area contributed by atoms with Crippen molar-refractivity contribution < 1.29 is 19.8 Å². The molecule has 78 valence electrons. The largest absolute Gasteiger partial charge is 0.508 e. The molecule has 15 heavy (non-hydrogen) atoms. The fourth-order valence-corrected chi connectivity index (χ4v) is 1.57. The molecule has 1 aromatic carbocycles. The lowest BCUT2D eigenvalue weighted by molar-refractivity contribution is -0.121. The maximum atomic E-state index is 11.3. The number of hydrogen-bond donors (Lipinski definition) is 2. The number of carbonyl (C=O) groups is 2. The van der Waals surface area contributed by atoms with Gasteiger partial charge < -0.3 is 10.2 Å². The number of amides is 2. The van der Waals surface area contributed by atoms with Gasteiger partial charge in [-0.05, 0) is 0 Å². The molecule has 1 fully saturated rings. The van der Waals surface area contributed by atoms with E-state index in [1.165, 1.54) is 12.1 Å². The second-order valence-electron chi connectivity index (χ2n) is 3.33. The molecule has 0 atom stereocenters. The number of aromatic hydroxyl groups is 2. The second kappa shape index (κ2) is 3.27. The number of benzene rings is 1. The summed E-state index contributed by atoms with van der Waals surface area (Å²) in [5, 5.41) is 18.4. The average Bonchev–Trinajstić information content (AvgIpc) is 2.44. The molecule has 0 spiro atoms. The van der Waals surface area contributed by atoms with Gasteiger partial charge in [-0.3, -0.25) is 14.5 Å². The van der Waals surface area contributed by atoms with Crippen LogP contribution in [0.1, 0.15) is 12.8 Å². The van der Waals surface area contributed by atoms with Gasteiger partial charge in [0.1, 0.15) is 11.5 Å². The molecule has 0 radical (unpaired) electrons. The molecule has 1 aliphatic heterocycles. The van der Waals surface area contributed by atoms with Crippen LogP contribution in [0.15, 0.2) is 18.2 Å². The highest BCUT2D eigenvalue weighted by Gasteiger charge is 2.30. The van der Waals surface area contributed by atoms with Crippen molar-refractivity contribution in [2.45, 2.75) is 12.8 Å². The molecule has 0 aliphatic carbocycles. The van der Waals surface area contributed by atoms with E-state index >= 15 is 0 Å². The number of phenols is 2. The lowest BCUT2D eigenvalue weighted by Gasteiger charge is -2.14. The van der Waals surface area contributed by atoms with Crippen molar-refractivity contribution in [3.63, 3.8) is 0 Å². The topological polar surface area (TPSA) is 77.8 Å². The van der Waals surface area contributed by atoms with E-state index in [0.29, 0.717) is 0 Å². The third-order valence-electron chi connectivity index (χ3n) is 2.20. The van der Waals surface area contributed by atoms with Crippen LogP contribution in [0, 0.1) is 0 Å². The van der Waals surface area contributed by atoms with Gasteiger partial charge in [-0.15, -0.1) is 0 Å². The van der Waals surface area contributed by atoms with Crippen LogP contribution >= 0.6 is 0 Å². The number of anilines is 1. The van der Waals surface area contributed by atoms with E-state index in [0.717, 1.165) is 11.0 Å². The molecule has 1 saturated heterocycles. The molecule has 5 nitrogen and oxygen atoms in total. The molecular formula is C10H9NO4. The molecule has 1 heterocycles. The number of nitrogens with zero attached hydrogens (tertiary/aromatic N) is 1. The summed E-state index contributed by atoms with van der Waals surface area (Å²) >= 11 is 0. The van der Waals surface area contributed by atoms with Gasteiger partial charge in [-0.25, -0.2) is 0 Å². The Balaban J connectivity index is 2.44. The van der Waals surface area contributed by atoms with Crippen LogP contribution in [0.4, 0.5) is 5.69 Å². The smallest absolute Gasteiger partial charge is 0.234 e. The Labute approximate surface area is 85.6 Å². The first-order chi connectivity index (χ1) is 7.08. The Morgan fingerprint density at radius 2 is 1.40 bits per heavy atom. The van der Waals surface area contributed by atoms with Crippen molar-refractivity contribution in [1.82, 2.24) is 0 Å². The monoisotopic (exact) mass is 207 g/mol. The van der Waals surface area contributed by atoms with Crippen LogP contribution in [0.2, 0.25) is 0 Å². The second-order valence-corrected chi connectivity index (χ2v) is 3.33. The zero-order chi connectivity index (χ0) is 11.0. The molecular weight excluding hydrogens is 198 g/mol. The van der Waals surface area contributed by atoms with Crippen LogP contribution in [-0.2, 0) is 9.59 Å². The van der Waals surface area contributed by atoms with E-state index < -0.39 is 0 Å². The Hall–Kier alpha value is -2.04. The Morgan fingerprint density at radius 3 is 1.87 bits per heavy atom. The van der Waals surface area contributed by atoms with Crippen LogP contribution < -0.4 is 4.90 Å². The van der Waals surface area contributed by atoms with Gasteiger partial charge in [0.15, 0.2) is 0 Å². The van der Waals surface area contributed by atoms with Gasteiger partial charge in [0.05, 0.1) is 5.69 Å². The van der Waals surface area contributed by atoms with Gasteiger partial charge in [-0.2, -0.15) is 0 Å². The standard InChI is InChI=1S/C10H9NO4/c12-7-3-6(4-8(13)5-7)11-9(14)1-2-10(11)15/h3-5,12-13H,1-2H2. The minimum atomic E-state index is -0.315. The molecule has 0 saturated carbocycles. The lowest BCUT2D eigenvalue weighted by Crippen LogP contribution is -2.28.